The first-order chi connectivity index (χ1) is 9.06. The smallest absolute Gasteiger partial charge is 0.107 e. The molecule has 1 aromatic heterocycles. The zero-order chi connectivity index (χ0) is 13.8. The number of hydrogen-bond acceptors (Lipinski definition) is 3. The van der Waals surface area contributed by atoms with Crippen LogP contribution in [0.3, 0.4) is 0 Å². The standard InChI is InChI=1S/C16H22N2S/c1-11(2)13-5-7-14(8-6-13)15-10-19-16(18-15)9-17-12(3)4/h5-8,10-12,17H,9H2,1-4H3. The van der Waals surface area contributed by atoms with Crippen molar-refractivity contribution in [2.75, 3.05) is 0 Å². The highest BCUT2D eigenvalue weighted by Gasteiger charge is 2.06. The van der Waals surface area contributed by atoms with Gasteiger partial charge in [-0.15, -0.1) is 11.3 Å². The maximum atomic E-state index is 4.68. The van der Waals surface area contributed by atoms with Crippen LogP contribution < -0.4 is 5.32 Å². The first-order valence-corrected chi connectivity index (χ1v) is 7.72. The largest absolute Gasteiger partial charge is 0.308 e. The Morgan fingerprint density at radius 2 is 1.79 bits per heavy atom. The van der Waals surface area contributed by atoms with Crippen molar-refractivity contribution in [1.29, 1.82) is 0 Å². The van der Waals surface area contributed by atoms with Crippen molar-refractivity contribution in [2.24, 2.45) is 0 Å². The van der Waals surface area contributed by atoms with Gasteiger partial charge in [0.15, 0.2) is 0 Å². The van der Waals surface area contributed by atoms with Gasteiger partial charge in [0, 0.05) is 23.5 Å². The summed E-state index contributed by atoms with van der Waals surface area (Å²) in [5, 5.41) is 6.69. The van der Waals surface area contributed by atoms with Gasteiger partial charge in [0.05, 0.1) is 5.69 Å². The summed E-state index contributed by atoms with van der Waals surface area (Å²) in [5.41, 5.74) is 3.66. The van der Waals surface area contributed by atoms with Crippen LogP contribution in [-0.4, -0.2) is 11.0 Å². The fourth-order valence-corrected chi connectivity index (χ4v) is 2.61. The second-order valence-corrected chi connectivity index (χ2v) is 6.38. The molecule has 0 aliphatic heterocycles. The lowest BCUT2D eigenvalue weighted by Crippen LogP contribution is -2.21. The topological polar surface area (TPSA) is 24.9 Å². The summed E-state index contributed by atoms with van der Waals surface area (Å²) < 4.78 is 0. The Bertz CT molecular complexity index is 512. The summed E-state index contributed by atoms with van der Waals surface area (Å²) in [4.78, 5) is 4.68. The van der Waals surface area contributed by atoms with Crippen molar-refractivity contribution in [3.63, 3.8) is 0 Å². The molecule has 19 heavy (non-hydrogen) atoms. The third kappa shape index (κ3) is 3.88. The summed E-state index contributed by atoms with van der Waals surface area (Å²) in [6.45, 7) is 9.59. The van der Waals surface area contributed by atoms with Crippen molar-refractivity contribution < 1.29 is 0 Å². The molecule has 3 heteroatoms. The normalized spacial score (nSPS) is 11.5. The summed E-state index contributed by atoms with van der Waals surface area (Å²) in [5.74, 6) is 0.579. The lowest BCUT2D eigenvalue weighted by Gasteiger charge is -2.06. The second-order valence-electron chi connectivity index (χ2n) is 5.44. The molecule has 0 saturated carbocycles. The molecule has 2 nitrogen and oxygen atoms in total. The van der Waals surface area contributed by atoms with E-state index in [1.165, 1.54) is 11.1 Å². The van der Waals surface area contributed by atoms with E-state index in [9.17, 15) is 0 Å². The lowest BCUT2D eigenvalue weighted by atomic mass is 10.0. The first kappa shape index (κ1) is 14.2. The van der Waals surface area contributed by atoms with Gasteiger partial charge in [-0.3, -0.25) is 0 Å². The van der Waals surface area contributed by atoms with Crippen LogP contribution in [0.5, 0.6) is 0 Å². The Morgan fingerprint density at radius 1 is 1.11 bits per heavy atom. The zero-order valence-electron chi connectivity index (χ0n) is 12.1. The predicted molar refractivity (Wildman–Crippen MR) is 83.6 cm³/mol. The number of aromatic nitrogens is 1. The van der Waals surface area contributed by atoms with Gasteiger partial charge in [0.2, 0.25) is 0 Å². The lowest BCUT2D eigenvalue weighted by molar-refractivity contribution is 0.587. The van der Waals surface area contributed by atoms with Crippen LogP contribution in [0.2, 0.25) is 0 Å². The highest BCUT2D eigenvalue weighted by Crippen LogP contribution is 2.24. The van der Waals surface area contributed by atoms with Crippen molar-refractivity contribution in [2.45, 2.75) is 46.2 Å². The minimum atomic E-state index is 0.498. The average Bonchev–Trinajstić information content (AvgIpc) is 2.85. The molecule has 0 aliphatic rings. The highest BCUT2D eigenvalue weighted by molar-refractivity contribution is 7.09. The van der Waals surface area contributed by atoms with Gasteiger partial charge >= 0.3 is 0 Å². The summed E-state index contributed by atoms with van der Waals surface area (Å²) >= 11 is 1.72. The van der Waals surface area contributed by atoms with E-state index < -0.39 is 0 Å². The number of thiazole rings is 1. The molecule has 1 aromatic carbocycles. The van der Waals surface area contributed by atoms with E-state index in [1.807, 2.05) is 0 Å². The van der Waals surface area contributed by atoms with Gasteiger partial charge in [-0.2, -0.15) is 0 Å². The van der Waals surface area contributed by atoms with Gasteiger partial charge in [-0.05, 0) is 11.5 Å². The van der Waals surface area contributed by atoms with Gasteiger partial charge < -0.3 is 5.32 Å². The fourth-order valence-electron chi connectivity index (χ4n) is 1.85. The molecule has 0 radical (unpaired) electrons. The SMILES string of the molecule is CC(C)NCc1nc(-c2ccc(C(C)C)cc2)cs1. The molecule has 0 spiro atoms. The van der Waals surface area contributed by atoms with Crippen molar-refractivity contribution in [1.82, 2.24) is 10.3 Å². The van der Waals surface area contributed by atoms with Crippen LogP contribution in [0, 0.1) is 0 Å². The van der Waals surface area contributed by atoms with Crippen LogP contribution in [0.1, 0.15) is 44.2 Å². The molecule has 2 rings (SSSR count). The van der Waals surface area contributed by atoms with E-state index in [2.05, 4.69) is 67.6 Å². The fraction of sp³-hybridized carbons (Fsp3) is 0.438. The van der Waals surface area contributed by atoms with E-state index >= 15 is 0 Å². The van der Waals surface area contributed by atoms with Crippen LogP contribution in [0.15, 0.2) is 29.6 Å². The molecule has 0 unspecified atom stereocenters. The third-order valence-corrected chi connectivity index (χ3v) is 3.94. The second kappa shape index (κ2) is 6.31. The molecular formula is C16H22N2S. The molecule has 0 amide bonds. The molecule has 2 aromatic rings. The third-order valence-electron chi connectivity index (χ3n) is 3.09. The Kier molecular flexibility index (Phi) is 4.72. The van der Waals surface area contributed by atoms with Gasteiger partial charge in [-0.1, -0.05) is 52.0 Å². The average molecular weight is 274 g/mol. The summed E-state index contributed by atoms with van der Waals surface area (Å²) in [6, 6.07) is 9.24. The van der Waals surface area contributed by atoms with Crippen molar-refractivity contribution in [3.05, 3.63) is 40.2 Å². The van der Waals surface area contributed by atoms with Crippen LogP contribution in [0.25, 0.3) is 11.3 Å². The maximum Gasteiger partial charge on any atom is 0.107 e. The van der Waals surface area contributed by atoms with E-state index in [0.717, 1.165) is 17.2 Å². The van der Waals surface area contributed by atoms with Crippen LogP contribution in [0.4, 0.5) is 0 Å². The number of benzene rings is 1. The monoisotopic (exact) mass is 274 g/mol. The minimum absolute atomic E-state index is 0.498. The van der Waals surface area contributed by atoms with Crippen LogP contribution >= 0.6 is 11.3 Å². The van der Waals surface area contributed by atoms with Crippen molar-refractivity contribution >= 4 is 11.3 Å². The zero-order valence-corrected chi connectivity index (χ0v) is 12.9. The number of rotatable bonds is 5. The minimum Gasteiger partial charge on any atom is -0.308 e. The predicted octanol–water partition coefficient (Wildman–Crippen LogP) is 4.43. The molecule has 0 atom stereocenters. The van der Waals surface area contributed by atoms with E-state index in [0.29, 0.717) is 12.0 Å². The van der Waals surface area contributed by atoms with E-state index in [4.69, 9.17) is 0 Å². The molecule has 0 saturated heterocycles. The first-order valence-electron chi connectivity index (χ1n) is 6.84. The molecular weight excluding hydrogens is 252 g/mol. The summed E-state index contributed by atoms with van der Waals surface area (Å²) in [6.07, 6.45) is 0. The molecule has 0 bridgehead atoms. The Balaban J connectivity index is 2.09. The molecule has 1 heterocycles. The van der Waals surface area contributed by atoms with Gasteiger partial charge in [0.25, 0.3) is 0 Å². The van der Waals surface area contributed by atoms with E-state index in [-0.39, 0.29) is 0 Å². The highest BCUT2D eigenvalue weighted by atomic mass is 32.1. The number of nitrogens with one attached hydrogen (secondary N) is 1. The van der Waals surface area contributed by atoms with Crippen molar-refractivity contribution in [3.8, 4) is 11.3 Å². The van der Waals surface area contributed by atoms with Crippen LogP contribution in [-0.2, 0) is 6.54 Å². The van der Waals surface area contributed by atoms with E-state index in [1.54, 1.807) is 11.3 Å². The summed E-state index contributed by atoms with van der Waals surface area (Å²) in [7, 11) is 0. The number of hydrogen-bond donors (Lipinski definition) is 1. The molecule has 1 N–H and O–H groups in total. The quantitative estimate of drug-likeness (QED) is 0.872. The number of nitrogens with zero attached hydrogens (tertiary/aromatic N) is 1. The molecule has 102 valence electrons. The Morgan fingerprint density at radius 3 is 2.37 bits per heavy atom. The van der Waals surface area contributed by atoms with Gasteiger partial charge in [0.1, 0.15) is 5.01 Å². The molecule has 0 fully saturated rings. The van der Waals surface area contributed by atoms with Gasteiger partial charge in [-0.25, -0.2) is 4.98 Å². The molecule has 0 aliphatic carbocycles. The Hall–Kier alpha value is -1.19. The maximum absolute atomic E-state index is 4.68. The Labute approximate surface area is 119 Å².